The van der Waals surface area contributed by atoms with Gasteiger partial charge in [0, 0.05) is 0 Å². The Balaban J connectivity index is 1.78. The van der Waals surface area contributed by atoms with Gasteiger partial charge in [-0.2, -0.15) is 0 Å². The largest absolute Gasteiger partial charge is 0.462 e. The summed E-state index contributed by atoms with van der Waals surface area (Å²) in [7, 11) is 0. The van der Waals surface area contributed by atoms with E-state index in [2.05, 4.69) is 0 Å². The molecule has 0 heterocycles. The lowest BCUT2D eigenvalue weighted by Crippen LogP contribution is -2.15. The first-order valence-corrected chi connectivity index (χ1v) is 7.08. The third-order valence-electron chi connectivity index (χ3n) is 3.68. The van der Waals surface area contributed by atoms with Crippen molar-refractivity contribution in [1.82, 2.24) is 0 Å². The second-order valence-corrected chi connectivity index (χ2v) is 5.18. The van der Waals surface area contributed by atoms with Crippen LogP contribution in [0.3, 0.4) is 0 Å². The summed E-state index contributed by atoms with van der Waals surface area (Å²) in [6.07, 6.45) is 9.04. The molecule has 0 amide bonds. The third-order valence-corrected chi connectivity index (χ3v) is 3.68. The van der Waals surface area contributed by atoms with Crippen LogP contribution in [0, 0.1) is 5.92 Å². The summed E-state index contributed by atoms with van der Waals surface area (Å²) in [4.78, 5) is 11.8. The van der Waals surface area contributed by atoms with Gasteiger partial charge in [-0.15, -0.1) is 0 Å². The van der Waals surface area contributed by atoms with Gasteiger partial charge >= 0.3 is 5.97 Å². The van der Waals surface area contributed by atoms with Crippen LogP contribution in [0.15, 0.2) is 30.3 Å². The van der Waals surface area contributed by atoms with Gasteiger partial charge in [0.25, 0.3) is 0 Å². The lowest BCUT2D eigenvalue weighted by Gasteiger charge is -2.19. The fraction of sp³-hybridized carbons (Fsp3) is 0.562. The second-order valence-electron chi connectivity index (χ2n) is 5.18. The van der Waals surface area contributed by atoms with E-state index in [-0.39, 0.29) is 5.97 Å². The fourth-order valence-corrected chi connectivity index (χ4v) is 2.56. The van der Waals surface area contributed by atoms with Gasteiger partial charge < -0.3 is 4.74 Å². The van der Waals surface area contributed by atoms with Crippen LogP contribution in [0.5, 0.6) is 0 Å². The molecule has 0 radical (unpaired) electrons. The highest BCUT2D eigenvalue weighted by Crippen LogP contribution is 2.22. The molecule has 18 heavy (non-hydrogen) atoms. The Morgan fingerprint density at radius 3 is 2.28 bits per heavy atom. The van der Waals surface area contributed by atoms with Crippen molar-refractivity contribution in [2.45, 2.75) is 44.9 Å². The smallest absolute Gasteiger partial charge is 0.338 e. The Hall–Kier alpha value is -1.31. The molecule has 1 fully saturated rings. The number of hydrogen-bond donors (Lipinski definition) is 0. The number of carbonyl (C=O) groups is 1. The fourth-order valence-electron chi connectivity index (χ4n) is 2.56. The lowest BCUT2D eigenvalue weighted by molar-refractivity contribution is 0.0419. The highest BCUT2D eigenvalue weighted by Gasteiger charge is 2.14. The van der Waals surface area contributed by atoms with Gasteiger partial charge in [0.2, 0.25) is 0 Å². The van der Waals surface area contributed by atoms with Gasteiger partial charge in [-0.25, -0.2) is 4.79 Å². The van der Waals surface area contributed by atoms with E-state index < -0.39 is 0 Å². The number of benzene rings is 1. The van der Waals surface area contributed by atoms with E-state index in [0.29, 0.717) is 18.1 Å². The summed E-state index contributed by atoms with van der Waals surface area (Å²) >= 11 is 0. The van der Waals surface area contributed by atoms with E-state index in [1.54, 1.807) is 12.1 Å². The Bertz CT molecular complexity index is 351. The molecule has 2 heteroatoms. The van der Waals surface area contributed by atoms with E-state index in [1.165, 1.54) is 44.9 Å². The zero-order valence-electron chi connectivity index (χ0n) is 10.9. The van der Waals surface area contributed by atoms with Crippen LogP contribution in [0.4, 0.5) is 0 Å². The molecule has 0 unspecified atom stereocenters. The van der Waals surface area contributed by atoms with Gasteiger partial charge in [0.1, 0.15) is 0 Å². The van der Waals surface area contributed by atoms with Crippen LogP contribution >= 0.6 is 0 Å². The van der Waals surface area contributed by atoms with Crippen molar-refractivity contribution < 1.29 is 9.53 Å². The third kappa shape index (κ3) is 4.17. The maximum atomic E-state index is 11.8. The number of rotatable bonds is 3. The predicted octanol–water partition coefficient (Wildman–Crippen LogP) is 4.20. The topological polar surface area (TPSA) is 26.3 Å². The second kappa shape index (κ2) is 7.20. The van der Waals surface area contributed by atoms with Gasteiger partial charge in [0.05, 0.1) is 12.2 Å². The minimum atomic E-state index is -0.183. The van der Waals surface area contributed by atoms with E-state index in [1.807, 2.05) is 18.2 Å². The molecule has 2 nitrogen and oxygen atoms in total. The summed E-state index contributed by atoms with van der Waals surface area (Å²) in [5.74, 6) is 0.385. The standard InChI is InChI=1S/C16H22O2/c17-16(15-11-7-4-8-12-15)18-13-14-9-5-2-1-3-6-10-14/h4,7-8,11-12,14H,1-3,5-6,9-10,13H2. The molecule has 0 N–H and O–H groups in total. The molecular weight excluding hydrogens is 224 g/mol. The summed E-state index contributed by atoms with van der Waals surface area (Å²) in [6, 6.07) is 9.26. The molecule has 0 saturated heterocycles. The molecule has 1 aliphatic carbocycles. The van der Waals surface area contributed by atoms with Crippen LogP contribution in [0.25, 0.3) is 0 Å². The molecule has 1 aromatic carbocycles. The first-order chi connectivity index (χ1) is 8.86. The van der Waals surface area contributed by atoms with Crippen LogP contribution in [-0.4, -0.2) is 12.6 Å². The van der Waals surface area contributed by atoms with Crippen molar-refractivity contribution in [3.05, 3.63) is 35.9 Å². The molecule has 0 aromatic heterocycles. The van der Waals surface area contributed by atoms with Crippen LogP contribution < -0.4 is 0 Å². The minimum Gasteiger partial charge on any atom is -0.462 e. The van der Waals surface area contributed by atoms with E-state index in [0.717, 1.165) is 0 Å². The van der Waals surface area contributed by atoms with E-state index >= 15 is 0 Å². The van der Waals surface area contributed by atoms with Gasteiger partial charge in [-0.3, -0.25) is 0 Å². The number of esters is 1. The summed E-state index contributed by atoms with van der Waals surface area (Å²) in [5.41, 5.74) is 0.656. The molecule has 98 valence electrons. The Labute approximate surface area is 109 Å². The van der Waals surface area contributed by atoms with Crippen LogP contribution in [-0.2, 0) is 4.74 Å². The van der Waals surface area contributed by atoms with Crippen molar-refractivity contribution in [2.75, 3.05) is 6.61 Å². The van der Waals surface area contributed by atoms with Gasteiger partial charge in [-0.05, 0) is 30.9 Å². The SMILES string of the molecule is O=C(OCC1CCCCCCC1)c1ccccc1. The molecule has 1 saturated carbocycles. The minimum absolute atomic E-state index is 0.183. The maximum Gasteiger partial charge on any atom is 0.338 e. The average Bonchev–Trinajstić information content (AvgIpc) is 2.38. The van der Waals surface area contributed by atoms with Crippen molar-refractivity contribution >= 4 is 5.97 Å². The maximum absolute atomic E-state index is 11.8. The van der Waals surface area contributed by atoms with Crippen LogP contribution in [0.2, 0.25) is 0 Å². The first-order valence-electron chi connectivity index (χ1n) is 7.08. The van der Waals surface area contributed by atoms with Gasteiger partial charge in [-0.1, -0.05) is 50.3 Å². The normalized spacial score (nSPS) is 17.8. The number of carbonyl (C=O) groups excluding carboxylic acids is 1. The highest BCUT2D eigenvalue weighted by molar-refractivity contribution is 5.89. The summed E-state index contributed by atoms with van der Waals surface area (Å²) < 4.78 is 5.42. The van der Waals surface area contributed by atoms with Crippen LogP contribution in [0.1, 0.15) is 55.3 Å². The van der Waals surface area contributed by atoms with E-state index in [9.17, 15) is 4.79 Å². The first kappa shape index (κ1) is 13.1. The molecule has 1 aromatic rings. The monoisotopic (exact) mass is 246 g/mol. The predicted molar refractivity (Wildman–Crippen MR) is 72.5 cm³/mol. The number of hydrogen-bond acceptors (Lipinski definition) is 2. The van der Waals surface area contributed by atoms with E-state index in [4.69, 9.17) is 4.74 Å². The number of ether oxygens (including phenoxy) is 1. The van der Waals surface area contributed by atoms with Crippen molar-refractivity contribution in [3.8, 4) is 0 Å². The summed E-state index contributed by atoms with van der Waals surface area (Å²) in [5, 5.41) is 0. The van der Waals surface area contributed by atoms with Crippen molar-refractivity contribution in [2.24, 2.45) is 5.92 Å². The molecule has 0 spiro atoms. The zero-order valence-corrected chi connectivity index (χ0v) is 10.9. The molecular formula is C16H22O2. The molecule has 0 aliphatic heterocycles. The van der Waals surface area contributed by atoms with Crippen molar-refractivity contribution in [1.29, 1.82) is 0 Å². The molecule has 0 atom stereocenters. The Morgan fingerprint density at radius 1 is 1.00 bits per heavy atom. The zero-order chi connectivity index (χ0) is 12.6. The lowest BCUT2D eigenvalue weighted by atomic mass is 9.92. The quantitative estimate of drug-likeness (QED) is 0.747. The van der Waals surface area contributed by atoms with Gasteiger partial charge in [0.15, 0.2) is 0 Å². The highest BCUT2D eigenvalue weighted by atomic mass is 16.5. The molecule has 0 bridgehead atoms. The molecule has 2 rings (SSSR count). The molecule has 1 aliphatic rings. The Morgan fingerprint density at radius 2 is 1.61 bits per heavy atom. The van der Waals surface area contributed by atoms with Crippen molar-refractivity contribution in [3.63, 3.8) is 0 Å². The Kier molecular flexibility index (Phi) is 5.25. The summed E-state index contributed by atoms with van der Waals surface area (Å²) in [6.45, 7) is 0.591. The average molecular weight is 246 g/mol.